The number of hydrogen-bond donors (Lipinski definition) is 2. The first-order valence-corrected chi connectivity index (χ1v) is 2.12. The number of carbonyl (C=O) groups is 1. The lowest BCUT2D eigenvalue weighted by Crippen LogP contribution is -2.18. The molecule has 0 unspecified atom stereocenters. The van der Waals surface area contributed by atoms with Gasteiger partial charge >= 0.3 is 0 Å². The van der Waals surface area contributed by atoms with Crippen LogP contribution < -0.4 is 5.43 Å². The first kappa shape index (κ1) is 5.54. The minimum Gasteiger partial charge on any atom is -0.265 e. The van der Waals surface area contributed by atoms with Gasteiger partial charge in [-0.15, -0.1) is 5.10 Å². The lowest BCUT2D eigenvalue weighted by Gasteiger charge is -1.81. The molecular formula is C3H3N5O. The van der Waals surface area contributed by atoms with Crippen molar-refractivity contribution < 1.29 is 4.79 Å². The van der Waals surface area contributed by atoms with Crippen LogP contribution in [0.25, 0.3) is 0 Å². The maximum absolute atomic E-state index is 10.5. The van der Waals surface area contributed by atoms with Crippen LogP contribution in [-0.2, 0) is 4.79 Å². The molecule has 0 spiro atoms. The molecule has 1 amide bonds. The molecule has 46 valence electrons. The Morgan fingerprint density at radius 2 is 2.56 bits per heavy atom. The molecule has 9 heavy (non-hydrogen) atoms. The van der Waals surface area contributed by atoms with Gasteiger partial charge in [-0.3, -0.25) is 4.79 Å². The summed E-state index contributed by atoms with van der Waals surface area (Å²) >= 11 is 0. The van der Waals surface area contributed by atoms with Crippen LogP contribution in [0.15, 0.2) is 15.4 Å². The average Bonchev–Trinajstić information content (AvgIpc) is 2.18. The summed E-state index contributed by atoms with van der Waals surface area (Å²) in [6.07, 6.45) is 1.21. The molecule has 0 aromatic rings. The molecule has 2 N–H and O–H groups in total. The predicted molar refractivity (Wildman–Crippen MR) is 29.2 cm³/mol. The first-order chi connectivity index (χ1) is 4.34. The fourth-order valence-corrected chi connectivity index (χ4v) is 0.393. The zero-order chi connectivity index (χ0) is 6.69. The van der Waals surface area contributed by atoms with E-state index in [9.17, 15) is 4.79 Å². The standard InChI is InChI=1S/C3H3N5O/c4-8-6-2-1-5-7-3(2)9/h1H,(H2,4,6,7,9). The molecular weight excluding hydrogens is 122 g/mol. The Kier molecular flexibility index (Phi) is 1.31. The minimum atomic E-state index is -0.425. The molecule has 1 heterocycles. The van der Waals surface area contributed by atoms with Crippen molar-refractivity contribution in [2.24, 2.45) is 15.4 Å². The number of hydrazone groups is 1. The monoisotopic (exact) mass is 125 g/mol. The molecule has 1 aliphatic heterocycles. The van der Waals surface area contributed by atoms with E-state index >= 15 is 0 Å². The molecule has 6 heteroatoms. The smallest absolute Gasteiger partial charge is 0.265 e. The zero-order valence-electron chi connectivity index (χ0n) is 4.33. The lowest BCUT2D eigenvalue weighted by molar-refractivity contribution is -0.114. The van der Waals surface area contributed by atoms with Gasteiger partial charge in [-0.2, -0.15) is 10.6 Å². The number of hydrogen-bond acceptors (Lipinski definition) is 4. The Bertz CT molecular complexity index is 204. The first-order valence-electron chi connectivity index (χ1n) is 2.12. The van der Waals surface area contributed by atoms with Gasteiger partial charge in [0.1, 0.15) is 0 Å². The highest BCUT2D eigenvalue weighted by Gasteiger charge is 2.12. The summed E-state index contributed by atoms with van der Waals surface area (Å²) in [5.74, 6) is -0.425. The quantitative estimate of drug-likeness (QED) is 0.358. The summed E-state index contributed by atoms with van der Waals surface area (Å²) in [6, 6.07) is 0. The van der Waals surface area contributed by atoms with Crippen LogP contribution in [0.5, 0.6) is 0 Å². The van der Waals surface area contributed by atoms with E-state index in [1.165, 1.54) is 6.21 Å². The molecule has 6 nitrogen and oxygen atoms in total. The van der Waals surface area contributed by atoms with E-state index in [1.807, 2.05) is 0 Å². The fourth-order valence-electron chi connectivity index (χ4n) is 0.393. The van der Waals surface area contributed by atoms with Crippen molar-refractivity contribution in [2.45, 2.75) is 0 Å². The van der Waals surface area contributed by atoms with Gasteiger partial charge in [0.25, 0.3) is 5.91 Å². The number of nitrogens with one attached hydrogen (secondary N) is 2. The van der Waals surface area contributed by atoms with Crippen LogP contribution in [0.3, 0.4) is 0 Å². The van der Waals surface area contributed by atoms with Gasteiger partial charge in [-0.1, -0.05) is 5.22 Å². The molecule has 0 aromatic carbocycles. The van der Waals surface area contributed by atoms with E-state index in [1.54, 1.807) is 0 Å². The van der Waals surface area contributed by atoms with Crippen molar-refractivity contribution in [3.05, 3.63) is 0 Å². The third-order valence-corrected chi connectivity index (χ3v) is 0.743. The van der Waals surface area contributed by atoms with Crippen LogP contribution in [0.4, 0.5) is 0 Å². The maximum atomic E-state index is 10.5. The molecule has 0 bridgehead atoms. The molecule has 0 saturated carbocycles. The normalized spacial score (nSPS) is 20.4. The largest absolute Gasteiger partial charge is 0.293 e. The molecule has 0 fully saturated rings. The topological polar surface area (TPSA) is 90.0 Å². The van der Waals surface area contributed by atoms with Gasteiger partial charge in [0.05, 0.1) is 6.21 Å². The second kappa shape index (κ2) is 2.12. The van der Waals surface area contributed by atoms with E-state index in [2.05, 4.69) is 20.9 Å². The van der Waals surface area contributed by atoms with Crippen LogP contribution in [-0.4, -0.2) is 17.8 Å². The van der Waals surface area contributed by atoms with E-state index < -0.39 is 5.91 Å². The lowest BCUT2D eigenvalue weighted by atomic mass is 10.4. The minimum absolute atomic E-state index is 0.0602. The second-order valence-corrected chi connectivity index (χ2v) is 1.28. The molecule has 0 aliphatic carbocycles. The van der Waals surface area contributed by atoms with Crippen molar-refractivity contribution >= 4 is 17.8 Å². The Labute approximate surface area is 50.1 Å². The summed E-state index contributed by atoms with van der Waals surface area (Å²) in [7, 11) is 0. The van der Waals surface area contributed by atoms with E-state index in [-0.39, 0.29) is 5.71 Å². The highest BCUT2D eigenvalue weighted by atomic mass is 16.2. The van der Waals surface area contributed by atoms with Gasteiger partial charge < -0.3 is 0 Å². The van der Waals surface area contributed by atoms with Crippen molar-refractivity contribution in [1.82, 2.24) is 5.43 Å². The van der Waals surface area contributed by atoms with Crippen molar-refractivity contribution in [2.75, 3.05) is 0 Å². The van der Waals surface area contributed by atoms with Crippen LogP contribution in [0.2, 0.25) is 0 Å². The number of amides is 1. The summed E-state index contributed by atoms with van der Waals surface area (Å²) < 4.78 is 0. The molecule has 0 radical (unpaired) electrons. The fraction of sp³-hybridized carbons (Fsp3) is 0. The van der Waals surface area contributed by atoms with Gasteiger partial charge in [-0.05, 0) is 0 Å². The Hall–Kier alpha value is -1.59. The second-order valence-electron chi connectivity index (χ2n) is 1.28. The number of rotatable bonds is 1. The van der Waals surface area contributed by atoms with E-state index in [0.717, 1.165) is 0 Å². The van der Waals surface area contributed by atoms with Crippen LogP contribution in [0.1, 0.15) is 0 Å². The molecule has 0 aromatic heterocycles. The number of nitrogens with zero attached hydrogens (tertiary/aromatic N) is 3. The van der Waals surface area contributed by atoms with Gasteiger partial charge in [-0.25, -0.2) is 5.43 Å². The van der Waals surface area contributed by atoms with Crippen LogP contribution in [0, 0.1) is 5.53 Å². The molecule has 1 rings (SSSR count). The molecule has 1 aliphatic rings. The predicted octanol–water partition coefficient (Wildman–Crippen LogP) is -0.511. The third-order valence-electron chi connectivity index (χ3n) is 0.743. The van der Waals surface area contributed by atoms with Crippen molar-refractivity contribution in [1.29, 1.82) is 5.53 Å². The van der Waals surface area contributed by atoms with Crippen molar-refractivity contribution in [3.8, 4) is 0 Å². The van der Waals surface area contributed by atoms with Gasteiger partial charge in [0, 0.05) is 0 Å². The number of carbonyl (C=O) groups excluding carboxylic acids is 1. The van der Waals surface area contributed by atoms with E-state index in [0.29, 0.717) is 0 Å². The van der Waals surface area contributed by atoms with Crippen molar-refractivity contribution in [3.63, 3.8) is 0 Å². The molecule has 0 saturated heterocycles. The summed E-state index contributed by atoms with van der Waals surface area (Å²) in [4.78, 5) is 10.5. The zero-order valence-corrected chi connectivity index (χ0v) is 4.33. The van der Waals surface area contributed by atoms with Gasteiger partial charge in [0.15, 0.2) is 5.71 Å². The average molecular weight is 125 g/mol. The van der Waals surface area contributed by atoms with E-state index in [4.69, 9.17) is 5.53 Å². The summed E-state index contributed by atoms with van der Waals surface area (Å²) in [5.41, 5.74) is 8.42. The summed E-state index contributed by atoms with van der Waals surface area (Å²) in [5, 5.41) is 9.17. The molecule has 0 atom stereocenters. The maximum Gasteiger partial charge on any atom is 0.293 e. The Morgan fingerprint density at radius 3 is 3.00 bits per heavy atom. The highest BCUT2D eigenvalue weighted by molar-refractivity contribution is 6.62. The van der Waals surface area contributed by atoms with Gasteiger partial charge in [0.2, 0.25) is 0 Å². The third kappa shape index (κ3) is 0.958. The Morgan fingerprint density at radius 1 is 1.78 bits per heavy atom. The SMILES string of the molecule is N=N/N=C1\C=NNC1=O. The highest BCUT2D eigenvalue weighted by Crippen LogP contribution is 1.83. The van der Waals surface area contributed by atoms with Crippen LogP contribution >= 0.6 is 0 Å². The summed E-state index contributed by atoms with van der Waals surface area (Å²) in [6.45, 7) is 0. The Balaban J connectivity index is 2.81.